The number of nitrogens with zero attached hydrogens (tertiary/aromatic N) is 1. The molecule has 0 saturated carbocycles. The third kappa shape index (κ3) is 3.67. The van der Waals surface area contributed by atoms with Crippen molar-refractivity contribution < 1.29 is 17.6 Å². The molecule has 0 bridgehead atoms. The third-order valence-corrected chi connectivity index (χ3v) is 7.12. The van der Waals surface area contributed by atoms with Gasteiger partial charge in [-0.25, -0.2) is 12.8 Å². The van der Waals surface area contributed by atoms with Gasteiger partial charge in [0.2, 0.25) is 5.91 Å². The second kappa shape index (κ2) is 7.03. The standard InChI is InChI=1S/C17H18FNO3S2/c18-15-4-2-1-3-14(15)16-5-7-19(8-10-24(16,21)22)17(20)11-13-6-9-23-12-13/h1-4,6,9,12,16H,5,7-8,10-11H2/t16-/m1/s1. The van der Waals surface area contributed by atoms with Crippen LogP contribution in [-0.4, -0.2) is 38.1 Å². The molecule has 1 aromatic carbocycles. The van der Waals surface area contributed by atoms with Crippen molar-refractivity contribution >= 4 is 27.1 Å². The van der Waals surface area contributed by atoms with Gasteiger partial charge in [0.1, 0.15) is 5.82 Å². The van der Waals surface area contributed by atoms with Crippen LogP contribution in [0.1, 0.15) is 22.8 Å². The van der Waals surface area contributed by atoms with Gasteiger partial charge in [-0.15, -0.1) is 0 Å². The molecule has 0 radical (unpaired) electrons. The van der Waals surface area contributed by atoms with Crippen molar-refractivity contribution in [3.63, 3.8) is 0 Å². The fraction of sp³-hybridized carbons (Fsp3) is 0.353. The second-order valence-corrected chi connectivity index (χ2v) is 8.94. The van der Waals surface area contributed by atoms with Crippen LogP contribution in [0.25, 0.3) is 0 Å². The minimum absolute atomic E-state index is 0.0854. The Hall–Kier alpha value is -1.73. The van der Waals surface area contributed by atoms with Crippen molar-refractivity contribution in [3.8, 4) is 0 Å². The van der Waals surface area contributed by atoms with E-state index < -0.39 is 20.9 Å². The Labute approximate surface area is 144 Å². The third-order valence-electron chi connectivity index (χ3n) is 4.28. The number of amides is 1. The summed E-state index contributed by atoms with van der Waals surface area (Å²) in [5, 5.41) is 2.93. The molecule has 0 aliphatic carbocycles. The monoisotopic (exact) mass is 367 g/mol. The van der Waals surface area contributed by atoms with E-state index in [1.54, 1.807) is 17.0 Å². The molecule has 4 nitrogen and oxygen atoms in total. The zero-order valence-corrected chi connectivity index (χ0v) is 14.7. The highest BCUT2D eigenvalue weighted by Crippen LogP contribution is 2.31. The van der Waals surface area contributed by atoms with Gasteiger partial charge in [-0.05, 0) is 34.9 Å². The summed E-state index contributed by atoms with van der Waals surface area (Å²) in [6, 6.07) is 7.85. The van der Waals surface area contributed by atoms with Crippen LogP contribution in [0.5, 0.6) is 0 Å². The van der Waals surface area contributed by atoms with E-state index >= 15 is 0 Å². The lowest BCUT2D eigenvalue weighted by molar-refractivity contribution is -0.130. The molecule has 0 unspecified atom stereocenters. The molecule has 1 atom stereocenters. The van der Waals surface area contributed by atoms with Crippen molar-refractivity contribution in [2.75, 3.05) is 18.8 Å². The van der Waals surface area contributed by atoms with Crippen molar-refractivity contribution in [3.05, 3.63) is 58.0 Å². The molecular formula is C17H18FNO3S2. The number of thiophene rings is 1. The maximum absolute atomic E-state index is 14.0. The van der Waals surface area contributed by atoms with Crippen LogP contribution < -0.4 is 0 Å². The molecule has 2 aromatic rings. The molecule has 1 aliphatic rings. The Morgan fingerprint density at radius 1 is 1.25 bits per heavy atom. The first-order chi connectivity index (χ1) is 11.5. The topological polar surface area (TPSA) is 54.5 Å². The smallest absolute Gasteiger partial charge is 0.227 e. The minimum atomic E-state index is -3.50. The van der Waals surface area contributed by atoms with Gasteiger partial charge in [0, 0.05) is 18.7 Å². The highest BCUT2D eigenvalue weighted by atomic mass is 32.2. The average molecular weight is 367 g/mol. The van der Waals surface area contributed by atoms with Gasteiger partial charge in [-0.1, -0.05) is 18.2 Å². The number of carbonyl (C=O) groups excluding carboxylic acids is 1. The zero-order chi connectivity index (χ0) is 17.2. The van der Waals surface area contributed by atoms with Gasteiger partial charge in [0.15, 0.2) is 9.84 Å². The molecule has 1 aliphatic heterocycles. The first-order valence-corrected chi connectivity index (χ1v) is 10.4. The number of hydrogen-bond acceptors (Lipinski definition) is 4. The van der Waals surface area contributed by atoms with Gasteiger partial charge in [-0.3, -0.25) is 4.79 Å². The van der Waals surface area contributed by atoms with Crippen molar-refractivity contribution in [1.29, 1.82) is 0 Å². The van der Waals surface area contributed by atoms with E-state index in [4.69, 9.17) is 0 Å². The summed E-state index contributed by atoms with van der Waals surface area (Å²) in [5.74, 6) is -0.733. The van der Waals surface area contributed by atoms with Gasteiger partial charge < -0.3 is 4.90 Å². The van der Waals surface area contributed by atoms with Crippen LogP contribution in [-0.2, 0) is 21.1 Å². The largest absolute Gasteiger partial charge is 0.341 e. The average Bonchev–Trinajstić information content (AvgIpc) is 2.98. The lowest BCUT2D eigenvalue weighted by Gasteiger charge is -2.20. The fourth-order valence-corrected chi connectivity index (χ4v) is 5.43. The zero-order valence-electron chi connectivity index (χ0n) is 13.0. The number of rotatable bonds is 3. The predicted octanol–water partition coefficient (Wildman–Crippen LogP) is 2.82. The summed E-state index contributed by atoms with van der Waals surface area (Å²) >= 11 is 1.52. The maximum Gasteiger partial charge on any atom is 0.227 e. The molecule has 7 heteroatoms. The number of hydrogen-bond donors (Lipinski definition) is 0. The van der Waals surface area contributed by atoms with E-state index in [1.165, 1.54) is 23.5 Å². The molecule has 24 heavy (non-hydrogen) atoms. The first-order valence-electron chi connectivity index (χ1n) is 7.72. The number of benzene rings is 1. The molecule has 128 valence electrons. The normalized spacial score (nSPS) is 20.5. The van der Waals surface area contributed by atoms with Crippen LogP contribution in [0.4, 0.5) is 4.39 Å². The van der Waals surface area contributed by atoms with E-state index in [0.717, 1.165) is 5.56 Å². The van der Waals surface area contributed by atoms with Crippen LogP contribution >= 0.6 is 11.3 Å². The highest BCUT2D eigenvalue weighted by Gasteiger charge is 2.34. The Bertz CT molecular complexity index is 818. The van der Waals surface area contributed by atoms with E-state index in [9.17, 15) is 17.6 Å². The van der Waals surface area contributed by atoms with Gasteiger partial charge in [0.25, 0.3) is 0 Å². The van der Waals surface area contributed by atoms with Crippen LogP contribution in [0.15, 0.2) is 41.1 Å². The lowest BCUT2D eigenvalue weighted by atomic mass is 10.1. The van der Waals surface area contributed by atoms with Crippen molar-refractivity contribution in [2.24, 2.45) is 0 Å². The number of carbonyl (C=O) groups is 1. The molecule has 0 spiro atoms. The van der Waals surface area contributed by atoms with Crippen LogP contribution in [0.2, 0.25) is 0 Å². The van der Waals surface area contributed by atoms with Crippen LogP contribution in [0, 0.1) is 5.82 Å². The van der Waals surface area contributed by atoms with Crippen molar-refractivity contribution in [2.45, 2.75) is 18.1 Å². The molecule has 2 heterocycles. The number of sulfone groups is 1. The summed E-state index contributed by atoms with van der Waals surface area (Å²) in [7, 11) is -3.50. The van der Waals surface area contributed by atoms with Crippen molar-refractivity contribution in [1.82, 2.24) is 4.90 Å². The lowest BCUT2D eigenvalue weighted by Crippen LogP contribution is -2.34. The maximum atomic E-state index is 14.0. The van der Waals surface area contributed by atoms with Gasteiger partial charge >= 0.3 is 0 Å². The molecule has 1 aromatic heterocycles. The Balaban J connectivity index is 1.77. The summed E-state index contributed by atoms with van der Waals surface area (Å²) in [6.07, 6.45) is 0.493. The quantitative estimate of drug-likeness (QED) is 0.838. The first kappa shape index (κ1) is 17.1. The molecule has 1 amide bonds. The summed E-state index contributed by atoms with van der Waals surface area (Å²) in [4.78, 5) is 14.0. The number of halogens is 1. The van der Waals surface area contributed by atoms with E-state index in [1.807, 2.05) is 16.8 Å². The molecule has 0 N–H and O–H groups in total. The molecular weight excluding hydrogens is 349 g/mol. The fourth-order valence-electron chi connectivity index (χ4n) is 2.96. The predicted molar refractivity (Wildman–Crippen MR) is 92.1 cm³/mol. The molecule has 3 rings (SSSR count). The van der Waals surface area contributed by atoms with Gasteiger partial charge in [0.05, 0.1) is 17.4 Å². The molecule has 1 fully saturated rings. The SMILES string of the molecule is O=C(Cc1ccsc1)N1CC[C@H](c2ccccc2F)S(=O)(=O)CC1. The minimum Gasteiger partial charge on any atom is -0.341 e. The Morgan fingerprint density at radius 2 is 2.04 bits per heavy atom. The van der Waals surface area contributed by atoms with Gasteiger partial charge in [-0.2, -0.15) is 11.3 Å². The van der Waals surface area contributed by atoms with E-state index in [2.05, 4.69) is 0 Å². The molecule has 1 saturated heterocycles. The highest BCUT2D eigenvalue weighted by molar-refractivity contribution is 7.91. The Morgan fingerprint density at radius 3 is 2.75 bits per heavy atom. The second-order valence-electron chi connectivity index (χ2n) is 5.85. The summed E-state index contributed by atoms with van der Waals surface area (Å²) in [6.45, 7) is 0.484. The summed E-state index contributed by atoms with van der Waals surface area (Å²) in [5.41, 5.74) is 1.13. The van der Waals surface area contributed by atoms with E-state index in [-0.39, 0.29) is 36.6 Å². The van der Waals surface area contributed by atoms with E-state index in [0.29, 0.717) is 6.54 Å². The summed E-state index contributed by atoms with van der Waals surface area (Å²) < 4.78 is 39.1. The van der Waals surface area contributed by atoms with Crippen LogP contribution in [0.3, 0.4) is 0 Å². The Kier molecular flexibility index (Phi) is 5.01.